The third-order valence-electron chi connectivity index (χ3n) is 3.77. The Kier molecular flexibility index (Phi) is 2.81. The number of hydrogen-bond donors (Lipinski definition) is 3. The summed E-state index contributed by atoms with van der Waals surface area (Å²) in [5.41, 5.74) is 6.84. The maximum absolute atomic E-state index is 11.3. The molecule has 1 aliphatic rings. The van der Waals surface area contributed by atoms with Crippen LogP contribution in [0.2, 0.25) is 0 Å². The fourth-order valence-electron chi connectivity index (χ4n) is 2.79. The highest BCUT2D eigenvalue weighted by atomic mass is 16.4. The Balaban J connectivity index is 2.02. The number of aliphatic carboxylic acids is 1. The van der Waals surface area contributed by atoms with E-state index in [0.717, 1.165) is 19.3 Å². The van der Waals surface area contributed by atoms with Gasteiger partial charge in [0.15, 0.2) is 11.5 Å². The van der Waals surface area contributed by atoms with Crippen LogP contribution in [-0.4, -0.2) is 31.0 Å². The molecule has 1 fully saturated rings. The Morgan fingerprint density at radius 3 is 2.89 bits per heavy atom. The summed E-state index contributed by atoms with van der Waals surface area (Å²) in [6, 6.07) is 0. The van der Waals surface area contributed by atoms with Crippen LogP contribution < -0.4 is 5.73 Å². The second-order valence-corrected chi connectivity index (χ2v) is 4.92. The molecule has 2 aromatic rings. The molecule has 7 heteroatoms. The molecule has 19 heavy (non-hydrogen) atoms. The highest BCUT2D eigenvalue weighted by Gasteiger charge is 2.34. The normalized spacial score (nSPS) is 23.6. The van der Waals surface area contributed by atoms with Gasteiger partial charge in [0.1, 0.15) is 17.7 Å². The first-order valence-corrected chi connectivity index (χ1v) is 6.35. The average Bonchev–Trinajstić information content (AvgIpc) is 2.84. The van der Waals surface area contributed by atoms with Gasteiger partial charge in [0.2, 0.25) is 0 Å². The Labute approximate surface area is 109 Å². The largest absolute Gasteiger partial charge is 0.481 e. The maximum Gasteiger partial charge on any atom is 0.307 e. The van der Waals surface area contributed by atoms with Crippen LogP contribution in [0.4, 0.5) is 5.82 Å². The van der Waals surface area contributed by atoms with E-state index in [-0.39, 0.29) is 11.8 Å². The molecule has 0 bridgehead atoms. The molecule has 2 aromatic heterocycles. The number of anilines is 1. The van der Waals surface area contributed by atoms with Crippen molar-refractivity contribution in [3.63, 3.8) is 0 Å². The van der Waals surface area contributed by atoms with Gasteiger partial charge < -0.3 is 15.8 Å². The third kappa shape index (κ3) is 2.00. The second kappa shape index (κ2) is 4.49. The van der Waals surface area contributed by atoms with Crippen molar-refractivity contribution in [3.05, 3.63) is 12.2 Å². The lowest BCUT2D eigenvalue weighted by Crippen LogP contribution is -2.26. The van der Waals surface area contributed by atoms with E-state index in [4.69, 9.17) is 5.73 Å². The molecule has 0 aliphatic heterocycles. The highest BCUT2D eigenvalue weighted by molar-refractivity contribution is 5.81. The molecule has 0 amide bonds. The number of carboxylic acids is 1. The average molecular weight is 261 g/mol. The van der Waals surface area contributed by atoms with Crippen molar-refractivity contribution in [2.75, 3.05) is 5.73 Å². The first kappa shape index (κ1) is 11.9. The lowest BCUT2D eigenvalue weighted by atomic mass is 9.79. The van der Waals surface area contributed by atoms with Crippen molar-refractivity contribution >= 4 is 23.0 Å². The number of fused-ring (bicyclic) bond motifs is 1. The van der Waals surface area contributed by atoms with E-state index in [1.54, 1.807) is 0 Å². The SMILES string of the molecule is Nc1ncnc2nc(C3CCCCC3C(=O)O)[nH]c12. The predicted octanol–water partition coefficient (Wildman–Crippen LogP) is 1.29. The molecule has 0 saturated heterocycles. The summed E-state index contributed by atoms with van der Waals surface area (Å²) >= 11 is 0. The number of nitrogens with two attached hydrogens (primary N) is 1. The number of hydrogen-bond acceptors (Lipinski definition) is 5. The standard InChI is InChI=1S/C12H15N5O2/c13-9-8-11(15-5-14-9)17-10(16-8)6-3-1-2-4-7(6)12(18)19/h5-7H,1-4H2,(H,18,19)(H3,13,14,15,16,17). The van der Waals surface area contributed by atoms with Crippen LogP contribution in [0.15, 0.2) is 6.33 Å². The predicted molar refractivity (Wildman–Crippen MR) is 68.4 cm³/mol. The molecular weight excluding hydrogens is 246 g/mol. The van der Waals surface area contributed by atoms with Gasteiger partial charge in [-0.2, -0.15) is 0 Å². The zero-order chi connectivity index (χ0) is 13.4. The summed E-state index contributed by atoms with van der Waals surface area (Å²) in [6.45, 7) is 0. The molecule has 0 radical (unpaired) electrons. The number of nitrogens with zero attached hydrogens (tertiary/aromatic N) is 3. The Bertz CT molecular complexity index is 624. The number of imidazole rings is 1. The van der Waals surface area contributed by atoms with Crippen molar-refractivity contribution in [1.29, 1.82) is 0 Å². The van der Waals surface area contributed by atoms with Crippen molar-refractivity contribution in [1.82, 2.24) is 19.9 Å². The Hall–Kier alpha value is -2.18. The lowest BCUT2D eigenvalue weighted by molar-refractivity contribution is -0.143. The number of rotatable bonds is 2. The van der Waals surface area contributed by atoms with E-state index in [1.165, 1.54) is 6.33 Å². The summed E-state index contributed by atoms with van der Waals surface area (Å²) in [5, 5.41) is 9.31. The lowest BCUT2D eigenvalue weighted by Gasteiger charge is -2.26. The van der Waals surface area contributed by atoms with Crippen LogP contribution in [-0.2, 0) is 4.79 Å². The van der Waals surface area contributed by atoms with Gasteiger partial charge in [-0.25, -0.2) is 15.0 Å². The van der Waals surface area contributed by atoms with Crippen molar-refractivity contribution in [3.8, 4) is 0 Å². The molecular formula is C12H15N5O2. The second-order valence-electron chi connectivity index (χ2n) is 4.92. The topological polar surface area (TPSA) is 118 Å². The van der Waals surface area contributed by atoms with Gasteiger partial charge in [-0.3, -0.25) is 4.79 Å². The van der Waals surface area contributed by atoms with Gasteiger partial charge in [-0.15, -0.1) is 0 Å². The number of H-pyrrole nitrogens is 1. The van der Waals surface area contributed by atoms with Crippen LogP contribution in [0.5, 0.6) is 0 Å². The van der Waals surface area contributed by atoms with Gasteiger partial charge in [0.05, 0.1) is 5.92 Å². The van der Waals surface area contributed by atoms with E-state index >= 15 is 0 Å². The zero-order valence-electron chi connectivity index (χ0n) is 10.3. The molecule has 100 valence electrons. The first-order valence-electron chi connectivity index (χ1n) is 6.35. The Morgan fingerprint density at radius 2 is 2.16 bits per heavy atom. The van der Waals surface area contributed by atoms with E-state index < -0.39 is 5.97 Å². The molecule has 4 N–H and O–H groups in total. The third-order valence-corrected chi connectivity index (χ3v) is 3.77. The van der Waals surface area contributed by atoms with Crippen LogP contribution >= 0.6 is 0 Å². The summed E-state index contributed by atoms with van der Waals surface area (Å²) in [5.74, 6) is -0.242. The summed E-state index contributed by atoms with van der Waals surface area (Å²) in [7, 11) is 0. The minimum absolute atomic E-state index is 0.0974. The summed E-state index contributed by atoms with van der Waals surface area (Å²) in [4.78, 5) is 26.7. The fourth-order valence-corrected chi connectivity index (χ4v) is 2.79. The van der Waals surface area contributed by atoms with E-state index in [2.05, 4.69) is 19.9 Å². The van der Waals surface area contributed by atoms with Gasteiger partial charge in [0, 0.05) is 5.92 Å². The fraction of sp³-hybridized carbons (Fsp3) is 0.500. The molecule has 2 heterocycles. The zero-order valence-corrected chi connectivity index (χ0v) is 10.3. The van der Waals surface area contributed by atoms with Crippen LogP contribution in [0, 0.1) is 5.92 Å². The van der Waals surface area contributed by atoms with Crippen LogP contribution in [0.1, 0.15) is 37.4 Å². The number of carbonyl (C=O) groups is 1. The van der Waals surface area contributed by atoms with E-state index in [1.807, 2.05) is 0 Å². The van der Waals surface area contributed by atoms with Gasteiger partial charge in [0.25, 0.3) is 0 Å². The molecule has 0 aromatic carbocycles. The number of aromatic amines is 1. The molecule has 2 atom stereocenters. The van der Waals surface area contributed by atoms with Crippen LogP contribution in [0.3, 0.4) is 0 Å². The summed E-state index contributed by atoms with van der Waals surface area (Å²) < 4.78 is 0. The number of nitrogen functional groups attached to an aromatic ring is 1. The van der Waals surface area contributed by atoms with Gasteiger partial charge >= 0.3 is 5.97 Å². The number of aromatic nitrogens is 4. The van der Waals surface area contributed by atoms with E-state index in [9.17, 15) is 9.90 Å². The van der Waals surface area contributed by atoms with Crippen molar-refractivity contribution in [2.45, 2.75) is 31.6 Å². The van der Waals surface area contributed by atoms with Gasteiger partial charge in [-0.05, 0) is 12.8 Å². The highest BCUT2D eigenvalue weighted by Crippen LogP contribution is 2.37. The molecule has 7 nitrogen and oxygen atoms in total. The van der Waals surface area contributed by atoms with Crippen molar-refractivity contribution < 1.29 is 9.90 Å². The minimum Gasteiger partial charge on any atom is -0.481 e. The molecule has 0 spiro atoms. The Morgan fingerprint density at radius 1 is 1.37 bits per heavy atom. The molecule has 3 rings (SSSR count). The first-order chi connectivity index (χ1) is 9.16. The van der Waals surface area contributed by atoms with E-state index in [0.29, 0.717) is 29.2 Å². The van der Waals surface area contributed by atoms with Crippen LogP contribution in [0.25, 0.3) is 11.2 Å². The van der Waals surface area contributed by atoms with Gasteiger partial charge in [-0.1, -0.05) is 12.8 Å². The molecule has 1 aliphatic carbocycles. The minimum atomic E-state index is -0.760. The smallest absolute Gasteiger partial charge is 0.307 e. The maximum atomic E-state index is 11.3. The summed E-state index contributed by atoms with van der Waals surface area (Å²) in [6.07, 6.45) is 4.85. The molecule has 2 unspecified atom stereocenters. The quantitative estimate of drug-likeness (QED) is 0.749. The van der Waals surface area contributed by atoms with Crippen molar-refractivity contribution in [2.24, 2.45) is 5.92 Å². The number of nitrogens with one attached hydrogen (secondary N) is 1. The molecule has 1 saturated carbocycles. The monoisotopic (exact) mass is 261 g/mol. The number of carboxylic acid groups (broad SMARTS) is 1.